The van der Waals surface area contributed by atoms with Crippen LogP contribution in [0.15, 0.2) is 24.3 Å². The van der Waals surface area contributed by atoms with Crippen LogP contribution >= 0.6 is 0 Å². The first-order chi connectivity index (χ1) is 9.42. The van der Waals surface area contributed by atoms with Gasteiger partial charge in [-0.3, -0.25) is 4.79 Å². The van der Waals surface area contributed by atoms with Gasteiger partial charge in [0.05, 0.1) is 0 Å². The van der Waals surface area contributed by atoms with E-state index in [-0.39, 0.29) is 30.4 Å². The number of carboxylic acid groups (broad SMARTS) is 1. The number of aromatic hydroxyl groups is 1. The van der Waals surface area contributed by atoms with E-state index in [0.717, 1.165) is 5.56 Å². The Bertz CT molecular complexity index is 459. The number of rotatable bonds is 7. The highest BCUT2D eigenvalue weighted by Crippen LogP contribution is 2.11. The second kappa shape index (κ2) is 7.49. The molecule has 0 aromatic heterocycles. The first-order valence-electron chi connectivity index (χ1n) is 6.42. The average molecular weight is 280 g/mol. The second-order valence-electron chi connectivity index (χ2n) is 4.87. The molecule has 0 aliphatic rings. The summed E-state index contributed by atoms with van der Waals surface area (Å²) in [6, 6.07) is 5.22. The summed E-state index contributed by atoms with van der Waals surface area (Å²) in [5, 5.41) is 20.8. The topological polar surface area (TPSA) is 113 Å². The third-order valence-corrected chi connectivity index (χ3v) is 2.95. The number of benzene rings is 1. The normalized spacial score (nSPS) is 13.5. The van der Waals surface area contributed by atoms with Crippen molar-refractivity contribution in [3.63, 3.8) is 0 Å². The summed E-state index contributed by atoms with van der Waals surface area (Å²) < 4.78 is 0. The Morgan fingerprint density at radius 1 is 1.30 bits per heavy atom. The maximum Gasteiger partial charge on any atom is 0.326 e. The molecule has 0 saturated carbocycles. The van der Waals surface area contributed by atoms with Crippen molar-refractivity contribution in [2.24, 2.45) is 11.7 Å². The van der Waals surface area contributed by atoms with Crippen LogP contribution in [0.1, 0.15) is 18.9 Å². The molecule has 1 aromatic rings. The number of carboxylic acids is 1. The number of phenols is 1. The van der Waals surface area contributed by atoms with Gasteiger partial charge in [-0.2, -0.15) is 0 Å². The van der Waals surface area contributed by atoms with Gasteiger partial charge < -0.3 is 21.3 Å². The van der Waals surface area contributed by atoms with Crippen LogP contribution in [0.3, 0.4) is 0 Å². The van der Waals surface area contributed by atoms with Crippen LogP contribution in [0.5, 0.6) is 5.75 Å². The minimum Gasteiger partial charge on any atom is -0.508 e. The maximum absolute atomic E-state index is 11.7. The number of hydrogen-bond acceptors (Lipinski definition) is 4. The quantitative estimate of drug-likeness (QED) is 0.580. The highest BCUT2D eigenvalue weighted by molar-refractivity contribution is 5.83. The molecule has 6 nitrogen and oxygen atoms in total. The summed E-state index contributed by atoms with van der Waals surface area (Å²) in [5.74, 6) is -1.29. The highest BCUT2D eigenvalue weighted by atomic mass is 16.4. The number of carbonyl (C=O) groups excluding carboxylic acids is 1. The molecule has 0 saturated heterocycles. The summed E-state index contributed by atoms with van der Waals surface area (Å²) in [6.45, 7) is 2.21. The zero-order valence-corrected chi connectivity index (χ0v) is 11.4. The lowest BCUT2D eigenvalue weighted by Crippen LogP contribution is -2.43. The van der Waals surface area contributed by atoms with E-state index in [1.54, 1.807) is 12.1 Å². The molecule has 20 heavy (non-hydrogen) atoms. The lowest BCUT2D eigenvalue weighted by molar-refractivity contribution is -0.141. The Labute approximate surface area is 117 Å². The van der Waals surface area contributed by atoms with Crippen molar-refractivity contribution in [1.82, 2.24) is 5.32 Å². The van der Waals surface area contributed by atoms with Crippen molar-refractivity contribution in [2.75, 3.05) is 6.54 Å². The molecule has 2 unspecified atom stereocenters. The second-order valence-corrected chi connectivity index (χ2v) is 4.87. The van der Waals surface area contributed by atoms with Gasteiger partial charge in [-0.25, -0.2) is 4.79 Å². The van der Waals surface area contributed by atoms with Crippen LogP contribution in [-0.2, 0) is 16.0 Å². The predicted molar refractivity (Wildman–Crippen MR) is 74.2 cm³/mol. The monoisotopic (exact) mass is 280 g/mol. The Hall–Kier alpha value is -2.08. The van der Waals surface area contributed by atoms with Crippen LogP contribution in [0.2, 0.25) is 0 Å². The SMILES string of the molecule is CC(CN)CC(=O)NC(Cc1ccc(O)cc1)C(=O)O. The van der Waals surface area contributed by atoms with Gasteiger partial charge in [0.15, 0.2) is 0 Å². The molecule has 6 heteroatoms. The van der Waals surface area contributed by atoms with E-state index in [4.69, 9.17) is 10.8 Å². The molecule has 0 fully saturated rings. The lowest BCUT2D eigenvalue weighted by Gasteiger charge is -2.16. The first-order valence-corrected chi connectivity index (χ1v) is 6.42. The molecule has 1 rings (SSSR count). The molecule has 0 aliphatic carbocycles. The van der Waals surface area contributed by atoms with E-state index in [0.29, 0.717) is 6.54 Å². The lowest BCUT2D eigenvalue weighted by atomic mass is 10.0. The molecule has 0 bridgehead atoms. The number of nitrogens with two attached hydrogens (primary N) is 1. The molecule has 0 heterocycles. The fourth-order valence-electron chi connectivity index (χ4n) is 1.72. The number of amides is 1. The van der Waals surface area contributed by atoms with E-state index < -0.39 is 12.0 Å². The van der Waals surface area contributed by atoms with Crippen molar-refractivity contribution >= 4 is 11.9 Å². The van der Waals surface area contributed by atoms with Gasteiger partial charge in [0.2, 0.25) is 5.91 Å². The van der Waals surface area contributed by atoms with E-state index in [9.17, 15) is 14.7 Å². The molecule has 2 atom stereocenters. The van der Waals surface area contributed by atoms with Crippen LogP contribution < -0.4 is 11.1 Å². The molecule has 1 aromatic carbocycles. The molecule has 5 N–H and O–H groups in total. The summed E-state index contributed by atoms with van der Waals surface area (Å²) in [7, 11) is 0. The van der Waals surface area contributed by atoms with Gasteiger partial charge in [0.25, 0.3) is 0 Å². The largest absolute Gasteiger partial charge is 0.508 e. The van der Waals surface area contributed by atoms with Gasteiger partial charge in [-0.05, 0) is 30.2 Å². The van der Waals surface area contributed by atoms with Gasteiger partial charge >= 0.3 is 5.97 Å². The fraction of sp³-hybridized carbons (Fsp3) is 0.429. The standard InChI is InChI=1S/C14H20N2O4/c1-9(8-15)6-13(18)16-12(14(19)20)7-10-2-4-11(17)5-3-10/h2-5,9,12,17H,6-8,15H2,1H3,(H,16,18)(H,19,20). The van der Waals surface area contributed by atoms with E-state index >= 15 is 0 Å². The summed E-state index contributed by atoms with van der Waals surface area (Å²) >= 11 is 0. The molecule has 0 radical (unpaired) electrons. The maximum atomic E-state index is 11.7. The third kappa shape index (κ3) is 5.27. The summed E-state index contributed by atoms with van der Waals surface area (Å²) in [4.78, 5) is 22.9. The van der Waals surface area contributed by atoms with Gasteiger partial charge in [0.1, 0.15) is 11.8 Å². The summed E-state index contributed by atoms with van der Waals surface area (Å²) in [6.07, 6.45) is 0.369. The molecular formula is C14H20N2O4. The Morgan fingerprint density at radius 3 is 2.40 bits per heavy atom. The van der Waals surface area contributed by atoms with E-state index in [1.807, 2.05) is 6.92 Å². The Balaban J connectivity index is 2.63. The number of nitrogens with one attached hydrogen (secondary N) is 1. The van der Waals surface area contributed by atoms with Crippen molar-refractivity contribution in [2.45, 2.75) is 25.8 Å². The number of phenolic OH excluding ortho intramolecular Hbond substituents is 1. The zero-order valence-electron chi connectivity index (χ0n) is 11.4. The number of hydrogen-bond donors (Lipinski definition) is 4. The molecule has 110 valence electrons. The minimum atomic E-state index is -1.09. The summed E-state index contributed by atoms with van der Waals surface area (Å²) in [5.41, 5.74) is 6.15. The van der Waals surface area contributed by atoms with Crippen molar-refractivity contribution in [3.8, 4) is 5.75 Å². The van der Waals surface area contributed by atoms with Gasteiger partial charge in [-0.15, -0.1) is 0 Å². The third-order valence-electron chi connectivity index (χ3n) is 2.95. The smallest absolute Gasteiger partial charge is 0.326 e. The van der Waals surface area contributed by atoms with Crippen LogP contribution in [0, 0.1) is 5.92 Å². The fourth-order valence-corrected chi connectivity index (χ4v) is 1.72. The number of carbonyl (C=O) groups is 2. The average Bonchev–Trinajstić information content (AvgIpc) is 2.40. The van der Waals surface area contributed by atoms with Crippen molar-refractivity contribution < 1.29 is 19.8 Å². The van der Waals surface area contributed by atoms with Crippen LogP contribution in [-0.4, -0.2) is 34.7 Å². The van der Waals surface area contributed by atoms with Gasteiger partial charge in [-0.1, -0.05) is 19.1 Å². The molecule has 0 spiro atoms. The zero-order chi connectivity index (χ0) is 15.1. The van der Waals surface area contributed by atoms with Crippen molar-refractivity contribution in [1.29, 1.82) is 0 Å². The van der Waals surface area contributed by atoms with Crippen LogP contribution in [0.4, 0.5) is 0 Å². The van der Waals surface area contributed by atoms with Crippen LogP contribution in [0.25, 0.3) is 0 Å². The number of aliphatic carboxylic acids is 1. The van der Waals surface area contributed by atoms with Gasteiger partial charge in [0, 0.05) is 12.8 Å². The van der Waals surface area contributed by atoms with E-state index in [2.05, 4.69) is 5.32 Å². The first kappa shape index (κ1) is 16.0. The van der Waals surface area contributed by atoms with E-state index in [1.165, 1.54) is 12.1 Å². The molecule has 1 amide bonds. The molecule has 0 aliphatic heterocycles. The Kier molecular flexibility index (Phi) is 5.99. The highest BCUT2D eigenvalue weighted by Gasteiger charge is 2.21. The molecular weight excluding hydrogens is 260 g/mol. The minimum absolute atomic E-state index is 0.0121. The Morgan fingerprint density at radius 2 is 1.90 bits per heavy atom. The predicted octanol–water partition coefficient (Wildman–Crippen LogP) is 0.489. The van der Waals surface area contributed by atoms with Crippen molar-refractivity contribution in [3.05, 3.63) is 29.8 Å².